The van der Waals surface area contributed by atoms with Gasteiger partial charge < -0.3 is 15.0 Å². The molecule has 2 amide bonds. The van der Waals surface area contributed by atoms with Gasteiger partial charge >= 0.3 is 10.2 Å². The molecule has 9 nitrogen and oxygen atoms in total. The lowest BCUT2D eigenvalue weighted by Gasteiger charge is -2.33. The molecule has 1 aliphatic carbocycles. The lowest BCUT2D eigenvalue weighted by atomic mass is 10.1. The zero-order chi connectivity index (χ0) is 27.2. The van der Waals surface area contributed by atoms with Crippen molar-refractivity contribution in [3.63, 3.8) is 0 Å². The molecule has 0 aliphatic heterocycles. The summed E-state index contributed by atoms with van der Waals surface area (Å²) in [6.07, 6.45) is 3.83. The number of nitrogens with zero attached hydrogens (tertiary/aromatic N) is 3. The summed E-state index contributed by atoms with van der Waals surface area (Å²) in [5.74, 6) is -1.18. The molecule has 1 N–H and O–H groups in total. The number of anilines is 1. The first kappa shape index (κ1) is 28.4. The highest BCUT2D eigenvalue weighted by molar-refractivity contribution is 7.90. The number of hydrogen-bond donors (Lipinski definition) is 1. The molecule has 1 aliphatic rings. The third-order valence-corrected chi connectivity index (χ3v) is 8.30. The van der Waals surface area contributed by atoms with Gasteiger partial charge in [-0.15, -0.1) is 0 Å². The highest BCUT2D eigenvalue weighted by Gasteiger charge is 2.34. The maximum Gasteiger partial charge on any atom is 0.304 e. The molecule has 1 atom stereocenters. The lowest BCUT2D eigenvalue weighted by Crippen LogP contribution is -2.53. The Balaban J connectivity index is 1.95. The van der Waals surface area contributed by atoms with Crippen LogP contribution in [0.2, 0.25) is 0 Å². The van der Waals surface area contributed by atoms with Crippen LogP contribution in [0.15, 0.2) is 48.5 Å². The van der Waals surface area contributed by atoms with Crippen LogP contribution in [0.3, 0.4) is 0 Å². The van der Waals surface area contributed by atoms with Crippen molar-refractivity contribution < 1.29 is 27.1 Å². The fourth-order valence-corrected chi connectivity index (χ4v) is 5.36. The summed E-state index contributed by atoms with van der Waals surface area (Å²) in [6, 6.07) is 11.6. The van der Waals surface area contributed by atoms with Gasteiger partial charge in [-0.1, -0.05) is 37.1 Å². The first-order valence-corrected chi connectivity index (χ1v) is 13.6. The van der Waals surface area contributed by atoms with Crippen LogP contribution in [-0.2, 0) is 26.3 Å². The standard InChI is InChI=1S/C26H35FN4O5S/c1-19(26(33)28-21-11-5-6-12-21)30(17-20-10-9-13-22(16-20)36-4)25(32)18-31(37(34,35)29(2)3)24-15-8-7-14-23(24)27/h7-10,13-16,19,21H,5-6,11-12,17-18H2,1-4H3,(H,28,33)/t19-/m1/s1. The van der Waals surface area contributed by atoms with Crippen molar-refractivity contribution in [3.8, 4) is 5.75 Å². The van der Waals surface area contributed by atoms with Crippen molar-refractivity contribution in [2.45, 2.75) is 51.2 Å². The Bertz CT molecular complexity index is 1200. The Morgan fingerprint density at radius 2 is 1.78 bits per heavy atom. The normalized spacial score (nSPS) is 14.9. The number of rotatable bonds is 11. The van der Waals surface area contributed by atoms with Gasteiger partial charge in [0.05, 0.1) is 12.8 Å². The Kier molecular flexibility index (Phi) is 9.50. The van der Waals surface area contributed by atoms with Crippen molar-refractivity contribution in [1.29, 1.82) is 0 Å². The largest absolute Gasteiger partial charge is 0.497 e. The van der Waals surface area contributed by atoms with E-state index in [0.717, 1.165) is 40.4 Å². The smallest absolute Gasteiger partial charge is 0.304 e. The van der Waals surface area contributed by atoms with E-state index in [9.17, 15) is 22.4 Å². The van der Waals surface area contributed by atoms with Crippen molar-refractivity contribution in [2.24, 2.45) is 0 Å². The van der Waals surface area contributed by atoms with E-state index in [-0.39, 0.29) is 24.2 Å². The van der Waals surface area contributed by atoms with Gasteiger partial charge in [0.2, 0.25) is 11.8 Å². The monoisotopic (exact) mass is 534 g/mol. The molecule has 0 bridgehead atoms. The predicted molar refractivity (Wildman–Crippen MR) is 140 cm³/mol. The number of amides is 2. The van der Waals surface area contributed by atoms with E-state index < -0.39 is 34.5 Å². The van der Waals surface area contributed by atoms with E-state index in [1.807, 2.05) is 0 Å². The molecule has 2 aromatic rings. The summed E-state index contributed by atoms with van der Waals surface area (Å²) in [5.41, 5.74) is 0.440. The van der Waals surface area contributed by atoms with Gasteiger partial charge in [-0.25, -0.2) is 8.70 Å². The fourth-order valence-electron chi connectivity index (χ4n) is 4.30. The lowest BCUT2D eigenvalue weighted by molar-refractivity contribution is -0.139. The van der Waals surface area contributed by atoms with Crippen molar-refractivity contribution in [2.75, 3.05) is 32.1 Å². The minimum atomic E-state index is -4.23. The second kappa shape index (κ2) is 12.4. The zero-order valence-electron chi connectivity index (χ0n) is 21.7. The molecule has 0 saturated heterocycles. The van der Waals surface area contributed by atoms with Crippen molar-refractivity contribution in [3.05, 3.63) is 59.9 Å². The van der Waals surface area contributed by atoms with Crippen LogP contribution in [0.4, 0.5) is 10.1 Å². The number of carbonyl (C=O) groups is 2. The highest BCUT2D eigenvalue weighted by Crippen LogP contribution is 2.24. The average Bonchev–Trinajstić information content (AvgIpc) is 3.38. The van der Waals surface area contributed by atoms with Crippen molar-refractivity contribution in [1.82, 2.24) is 14.5 Å². The second-order valence-corrected chi connectivity index (χ2v) is 11.4. The number of hydrogen-bond acceptors (Lipinski definition) is 5. The number of nitrogens with one attached hydrogen (secondary N) is 1. The predicted octanol–water partition coefficient (Wildman–Crippen LogP) is 2.92. The summed E-state index contributed by atoms with van der Waals surface area (Å²) in [5, 5.41) is 3.01. The molecule has 0 aromatic heterocycles. The Hall–Kier alpha value is -3.18. The second-order valence-electron chi connectivity index (χ2n) is 9.29. The van der Waals surface area contributed by atoms with E-state index >= 15 is 0 Å². The third kappa shape index (κ3) is 6.98. The molecule has 2 aromatic carbocycles. The van der Waals surface area contributed by atoms with Gasteiger partial charge in [-0.2, -0.15) is 12.7 Å². The van der Waals surface area contributed by atoms with Gasteiger partial charge in [-0.05, 0) is 49.6 Å². The molecule has 11 heteroatoms. The summed E-state index contributed by atoms with van der Waals surface area (Å²) in [4.78, 5) is 28.2. The molecular weight excluding hydrogens is 499 g/mol. The van der Waals surface area contributed by atoms with E-state index in [1.54, 1.807) is 31.2 Å². The zero-order valence-corrected chi connectivity index (χ0v) is 22.5. The molecule has 202 valence electrons. The van der Waals surface area contributed by atoms with Crippen LogP contribution in [0.1, 0.15) is 38.2 Å². The molecule has 0 unspecified atom stereocenters. The fraction of sp³-hybridized carbons (Fsp3) is 0.462. The van der Waals surface area contributed by atoms with Gasteiger partial charge in [0, 0.05) is 26.7 Å². The third-order valence-electron chi connectivity index (χ3n) is 6.50. The molecule has 3 rings (SSSR count). The van der Waals surface area contributed by atoms with E-state index in [0.29, 0.717) is 11.3 Å². The van der Waals surface area contributed by atoms with Gasteiger partial charge in [0.25, 0.3) is 0 Å². The minimum absolute atomic E-state index is 0.0302. The topological polar surface area (TPSA) is 99.3 Å². The maximum absolute atomic E-state index is 14.7. The number of benzene rings is 2. The summed E-state index contributed by atoms with van der Waals surface area (Å²) < 4.78 is 47.9. The SMILES string of the molecule is COc1cccc(CN(C(=O)CN(c2ccccc2F)S(=O)(=O)N(C)C)[C@H](C)C(=O)NC2CCCC2)c1. The van der Waals surface area contributed by atoms with E-state index in [4.69, 9.17) is 4.74 Å². The number of methoxy groups -OCH3 is 1. The van der Waals surface area contributed by atoms with E-state index in [1.165, 1.54) is 44.3 Å². The van der Waals surface area contributed by atoms with Crippen LogP contribution < -0.4 is 14.4 Å². The molecular formula is C26H35FN4O5S. The summed E-state index contributed by atoms with van der Waals surface area (Å²) in [6.45, 7) is 0.950. The number of para-hydroxylation sites is 1. The Labute approximate surface area is 218 Å². The summed E-state index contributed by atoms with van der Waals surface area (Å²) >= 11 is 0. The number of carbonyl (C=O) groups excluding carboxylic acids is 2. The summed E-state index contributed by atoms with van der Waals surface area (Å²) in [7, 11) is -0.0969. The van der Waals surface area contributed by atoms with Crippen LogP contribution in [0.5, 0.6) is 5.75 Å². The first-order valence-electron chi connectivity index (χ1n) is 12.2. The van der Waals surface area contributed by atoms with Crippen LogP contribution in [0, 0.1) is 5.82 Å². The quantitative estimate of drug-likeness (QED) is 0.478. The number of halogens is 1. The maximum atomic E-state index is 14.7. The van der Waals surface area contributed by atoms with E-state index in [2.05, 4.69) is 5.32 Å². The van der Waals surface area contributed by atoms with Gasteiger partial charge in [-0.3, -0.25) is 9.59 Å². The van der Waals surface area contributed by atoms with Crippen LogP contribution >= 0.6 is 0 Å². The van der Waals surface area contributed by atoms with Gasteiger partial charge in [0.1, 0.15) is 24.2 Å². The van der Waals surface area contributed by atoms with Crippen LogP contribution in [0.25, 0.3) is 0 Å². The molecule has 37 heavy (non-hydrogen) atoms. The Morgan fingerprint density at radius 3 is 2.41 bits per heavy atom. The Morgan fingerprint density at radius 1 is 1.11 bits per heavy atom. The molecule has 0 spiro atoms. The molecule has 1 saturated carbocycles. The number of ether oxygens (including phenoxy) is 1. The van der Waals surface area contributed by atoms with Crippen molar-refractivity contribution >= 4 is 27.7 Å². The highest BCUT2D eigenvalue weighted by atomic mass is 32.2. The first-order chi connectivity index (χ1) is 17.5. The minimum Gasteiger partial charge on any atom is -0.497 e. The molecule has 0 radical (unpaired) electrons. The molecule has 1 fully saturated rings. The van der Waals surface area contributed by atoms with Crippen LogP contribution in [-0.4, -0.2) is 69.3 Å². The van der Waals surface area contributed by atoms with Gasteiger partial charge in [0.15, 0.2) is 0 Å². The molecule has 0 heterocycles. The average molecular weight is 535 g/mol.